The predicted octanol–water partition coefficient (Wildman–Crippen LogP) is 2.73. The fourth-order valence-corrected chi connectivity index (χ4v) is 5.33. The number of anilines is 1. The Balaban J connectivity index is 1.39. The number of amides is 2. The molecule has 2 saturated heterocycles. The number of thioether (sulfide) groups is 1. The minimum atomic E-state index is -0.110. The largest absolute Gasteiger partial charge is 0.337 e. The van der Waals surface area contributed by atoms with Gasteiger partial charge in [0.2, 0.25) is 5.91 Å². The van der Waals surface area contributed by atoms with E-state index in [2.05, 4.69) is 10.6 Å². The lowest BCUT2D eigenvalue weighted by molar-refractivity contribution is -0.117. The summed E-state index contributed by atoms with van der Waals surface area (Å²) in [5, 5.41) is 6.53. The van der Waals surface area contributed by atoms with Crippen LogP contribution in [0.3, 0.4) is 0 Å². The van der Waals surface area contributed by atoms with Crippen molar-refractivity contribution < 1.29 is 9.59 Å². The van der Waals surface area contributed by atoms with Crippen LogP contribution in [0.25, 0.3) is 0 Å². The molecule has 3 unspecified atom stereocenters. The lowest BCUT2D eigenvalue weighted by Gasteiger charge is -2.26. The number of benzene rings is 1. The third-order valence-electron chi connectivity index (χ3n) is 5.85. The molecule has 2 N–H and O–H groups in total. The molecule has 2 aliphatic heterocycles. The van der Waals surface area contributed by atoms with Crippen LogP contribution in [0.2, 0.25) is 0 Å². The number of fused-ring (bicyclic) bond motifs is 1. The first kappa shape index (κ1) is 17.9. The van der Waals surface area contributed by atoms with E-state index in [0.29, 0.717) is 23.2 Å². The molecule has 3 aliphatic rings. The molecule has 0 bridgehead atoms. The van der Waals surface area contributed by atoms with Crippen LogP contribution in [0.1, 0.15) is 42.5 Å². The number of nitrogens with one attached hydrogen (secondary N) is 2. The summed E-state index contributed by atoms with van der Waals surface area (Å²) >= 11 is 1.89. The molecule has 140 valence electrons. The molecule has 3 fully saturated rings. The molecule has 1 saturated carbocycles. The van der Waals surface area contributed by atoms with Crippen molar-refractivity contribution in [3.05, 3.63) is 29.8 Å². The monoisotopic (exact) mass is 373 g/mol. The van der Waals surface area contributed by atoms with Gasteiger partial charge in [-0.25, -0.2) is 0 Å². The molecule has 2 amide bonds. The molecule has 4 rings (SSSR count). The first-order valence-corrected chi connectivity index (χ1v) is 10.9. The maximum atomic E-state index is 12.7. The van der Waals surface area contributed by atoms with E-state index in [1.807, 2.05) is 40.9 Å². The van der Waals surface area contributed by atoms with Crippen LogP contribution in [0.5, 0.6) is 0 Å². The molecule has 6 heteroatoms. The van der Waals surface area contributed by atoms with E-state index in [4.69, 9.17) is 0 Å². The van der Waals surface area contributed by atoms with Gasteiger partial charge in [-0.15, -0.1) is 0 Å². The second-order valence-electron chi connectivity index (χ2n) is 7.58. The van der Waals surface area contributed by atoms with E-state index in [1.165, 1.54) is 25.7 Å². The summed E-state index contributed by atoms with van der Waals surface area (Å²) in [6.07, 6.45) is 5.91. The van der Waals surface area contributed by atoms with Gasteiger partial charge in [-0.3, -0.25) is 9.59 Å². The zero-order valence-electron chi connectivity index (χ0n) is 15.1. The fraction of sp³-hybridized carbons (Fsp3) is 0.600. The van der Waals surface area contributed by atoms with Crippen molar-refractivity contribution in [1.82, 2.24) is 10.2 Å². The minimum Gasteiger partial charge on any atom is -0.337 e. The van der Waals surface area contributed by atoms with Crippen molar-refractivity contribution in [2.75, 3.05) is 29.9 Å². The van der Waals surface area contributed by atoms with E-state index < -0.39 is 0 Å². The van der Waals surface area contributed by atoms with Crippen LogP contribution in [-0.4, -0.2) is 53.4 Å². The van der Waals surface area contributed by atoms with Gasteiger partial charge in [-0.2, -0.15) is 11.8 Å². The number of carbonyl (C=O) groups is 2. The summed E-state index contributed by atoms with van der Waals surface area (Å²) in [4.78, 5) is 27.2. The van der Waals surface area contributed by atoms with Crippen LogP contribution in [0, 0.1) is 5.92 Å². The Morgan fingerprint density at radius 1 is 1.15 bits per heavy atom. The highest BCUT2D eigenvalue weighted by Crippen LogP contribution is 2.33. The summed E-state index contributed by atoms with van der Waals surface area (Å²) in [7, 11) is 0. The van der Waals surface area contributed by atoms with Gasteiger partial charge < -0.3 is 15.5 Å². The van der Waals surface area contributed by atoms with Crippen LogP contribution >= 0.6 is 11.8 Å². The van der Waals surface area contributed by atoms with Crippen LogP contribution in [-0.2, 0) is 4.79 Å². The average Bonchev–Trinajstić information content (AvgIpc) is 3.13. The summed E-state index contributed by atoms with van der Waals surface area (Å²) in [6, 6.07) is 7.75. The maximum Gasteiger partial charge on any atom is 0.253 e. The average molecular weight is 374 g/mol. The first-order chi connectivity index (χ1) is 12.7. The molecule has 26 heavy (non-hydrogen) atoms. The molecule has 0 aromatic heterocycles. The lowest BCUT2D eigenvalue weighted by Crippen LogP contribution is -2.40. The highest BCUT2D eigenvalue weighted by Gasteiger charge is 2.38. The standard InChI is InChI=1S/C20H27N3O2S/c24-19(18-13-14-4-1-2-7-17(14)22-18)21-16-6-3-5-15(12-16)20(25)23-8-10-26-11-9-23/h3,5-6,12,14,17-18,22H,1-2,4,7-11,13H2,(H,21,24). The SMILES string of the molecule is O=C(Nc1cccc(C(=O)N2CCSCC2)c1)C1CC2CCCCC2N1. The number of carbonyl (C=O) groups excluding carboxylic acids is 2. The highest BCUT2D eigenvalue weighted by molar-refractivity contribution is 7.99. The zero-order valence-corrected chi connectivity index (χ0v) is 15.9. The molecule has 0 radical (unpaired) electrons. The van der Waals surface area contributed by atoms with Gasteiger partial charge in [0.15, 0.2) is 0 Å². The van der Waals surface area contributed by atoms with Crippen molar-refractivity contribution in [3.8, 4) is 0 Å². The minimum absolute atomic E-state index is 0.0263. The molecule has 1 aromatic carbocycles. The quantitative estimate of drug-likeness (QED) is 0.855. The Labute approximate surface area is 159 Å². The first-order valence-electron chi connectivity index (χ1n) is 9.75. The van der Waals surface area contributed by atoms with Crippen molar-refractivity contribution in [2.45, 2.75) is 44.2 Å². The van der Waals surface area contributed by atoms with Crippen LogP contribution in [0.4, 0.5) is 5.69 Å². The Kier molecular flexibility index (Phi) is 5.50. The Morgan fingerprint density at radius 2 is 1.96 bits per heavy atom. The maximum absolute atomic E-state index is 12.7. The van der Waals surface area contributed by atoms with E-state index >= 15 is 0 Å². The van der Waals surface area contributed by atoms with E-state index in [1.54, 1.807) is 0 Å². The van der Waals surface area contributed by atoms with Gasteiger partial charge in [0.05, 0.1) is 6.04 Å². The molecule has 1 aromatic rings. The lowest BCUT2D eigenvalue weighted by atomic mass is 9.85. The van der Waals surface area contributed by atoms with Gasteiger partial charge in [-0.05, 0) is 43.4 Å². The van der Waals surface area contributed by atoms with E-state index in [-0.39, 0.29) is 17.9 Å². The Morgan fingerprint density at radius 3 is 2.77 bits per heavy atom. The van der Waals surface area contributed by atoms with Gasteiger partial charge in [0, 0.05) is 41.9 Å². The number of rotatable bonds is 3. The van der Waals surface area contributed by atoms with Crippen molar-refractivity contribution in [2.24, 2.45) is 5.92 Å². The van der Waals surface area contributed by atoms with Crippen molar-refractivity contribution in [1.29, 1.82) is 0 Å². The Hall–Kier alpha value is -1.53. The van der Waals surface area contributed by atoms with Gasteiger partial charge >= 0.3 is 0 Å². The zero-order chi connectivity index (χ0) is 17.9. The summed E-state index contributed by atoms with van der Waals surface area (Å²) < 4.78 is 0. The normalized spacial score (nSPS) is 28.5. The smallest absolute Gasteiger partial charge is 0.253 e. The summed E-state index contributed by atoms with van der Waals surface area (Å²) in [6.45, 7) is 1.60. The number of hydrogen-bond donors (Lipinski definition) is 2. The predicted molar refractivity (Wildman–Crippen MR) is 106 cm³/mol. The van der Waals surface area contributed by atoms with Gasteiger partial charge in [0.1, 0.15) is 0 Å². The topological polar surface area (TPSA) is 61.4 Å². The Bertz CT molecular complexity index is 661. The highest BCUT2D eigenvalue weighted by atomic mass is 32.2. The molecule has 1 aliphatic carbocycles. The molecular formula is C20H27N3O2S. The third kappa shape index (κ3) is 3.91. The van der Waals surface area contributed by atoms with Gasteiger partial charge in [-0.1, -0.05) is 18.9 Å². The van der Waals surface area contributed by atoms with Crippen molar-refractivity contribution in [3.63, 3.8) is 0 Å². The second-order valence-corrected chi connectivity index (χ2v) is 8.81. The molecule has 0 spiro atoms. The second kappa shape index (κ2) is 8.01. The molecule has 3 atom stereocenters. The van der Waals surface area contributed by atoms with Crippen molar-refractivity contribution >= 4 is 29.3 Å². The summed E-state index contributed by atoms with van der Waals surface area (Å²) in [5.41, 5.74) is 1.37. The third-order valence-corrected chi connectivity index (χ3v) is 6.80. The van der Waals surface area contributed by atoms with E-state index in [9.17, 15) is 9.59 Å². The van der Waals surface area contributed by atoms with Gasteiger partial charge in [0.25, 0.3) is 5.91 Å². The summed E-state index contributed by atoms with van der Waals surface area (Å²) in [5.74, 6) is 2.73. The molecule has 5 nitrogen and oxygen atoms in total. The van der Waals surface area contributed by atoms with Crippen LogP contribution in [0.15, 0.2) is 24.3 Å². The fourth-order valence-electron chi connectivity index (χ4n) is 4.43. The van der Waals surface area contributed by atoms with E-state index in [0.717, 1.165) is 31.0 Å². The number of nitrogens with zero attached hydrogens (tertiary/aromatic N) is 1. The number of hydrogen-bond acceptors (Lipinski definition) is 4. The molecule has 2 heterocycles. The van der Waals surface area contributed by atoms with Crippen LogP contribution < -0.4 is 10.6 Å². The molecular weight excluding hydrogens is 346 g/mol.